The lowest BCUT2D eigenvalue weighted by Gasteiger charge is -2.17. The van der Waals surface area contributed by atoms with Crippen molar-refractivity contribution in [1.82, 2.24) is 9.97 Å². The minimum atomic E-state index is -0.843. The number of methoxy groups -OCH3 is 1. The molecule has 1 aliphatic rings. The Kier molecular flexibility index (Phi) is 7.88. The molecule has 7 nitrogen and oxygen atoms in total. The molecule has 3 rings (SSSR count). The molecule has 0 bridgehead atoms. The Hall–Kier alpha value is -3.00. The van der Waals surface area contributed by atoms with Gasteiger partial charge >= 0.3 is 0 Å². The van der Waals surface area contributed by atoms with Crippen LogP contribution in [0.15, 0.2) is 43.8 Å². The number of benzene rings is 1. The number of alkyl halides is 1. The van der Waals surface area contributed by atoms with Gasteiger partial charge in [-0.1, -0.05) is 0 Å². The number of nitrogens with one attached hydrogen (secondary N) is 1. The normalized spacial score (nSPS) is 15.6. The third-order valence-corrected chi connectivity index (χ3v) is 4.21. The van der Waals surface area contributed by atoms with Gasteiger partial charge in [-0.25, -0.2) is 14.4 Å². The molecule has 1 fully saturated rings. The number of ether oxygens (including phenoxy) is 2. The van der Waals surface area contributed by atoms with E-state index >= 15 is 0 Å². The lowest BCUT2D eigenvalue weighted by molar-refractivity contribution is 0.146. The maximum Gasteiger partial charge on any atom is 0.132 e. The van der Waals surface area contributed by atoms with Crippen LogP contribution in [0.4, 0.5) is 15.9 Å². The van der Waals surface area contributed by atoms with Crippen molar-refractivity contribution in [2.24, 2.45) is 0 Å². The van der Waals surface area contributed by atoms with Gasteiger partial charge in [0, 0.05) is 31.0 Å². The van der Waals surface area contributed by atoms with Gasteiger partial charge in [0.05, 0.1) is 24.6 Å². The lowest BCUT2D eigenvalue weighted by Crippen LogP contribution is -2.22. The molecule has 0 aliphatic carbocycles. The van der Waals surface area contributed by atoms with E-state index in [-0.39, 0.29) is 5.71 Å². The Balaban J connectivity index is 0.00000136. The number of anilines is 2. The molecule has 0 spiro atoms. The average Bonchev–Trinajstić information content (AvgIpc) is 3.17. The maximum atomic E-state index is 13.4. The zero-order valence-electron chi connectivity index (χ0n) is 16.0. The summed E-state index contributed by atoms with van der Waals surface area (Å²) in [5.41, 5.74) is 7.61. The number of nitrogens with two attached hydrogens (primary N) is 1. The fraction of sp³-hybridized carbons (Fsp3) is 0.350. The van der Waals surface area contributed by atoms with E-state index in [1.165, 1.54) is 6.33 Å². The quantitative estimate of drug-likeness (QED) is 0.328. The third-order valence-electron chi connectivity index (χ3n) is 4.21. The number of rotatable bonds is 7. The molecule has 1 aliphatic heterocycles. The minimum Gasteiger partial charge on any atom is -0.491 e. The Morgan fingerprint density at radius 1 is 1.32 bits per heavy atom. The Morgan fingerprint density at radius 3 is 2.79 bits per heavy atom. The minimum absolute atomic E-state index is 0.166. The molecular weight excluding hydrogens is 361 g/mol. The van der Waals surface area contributed by atoms with Crippen LogP contribution in [-0.2, 0) is 4.74 Å². The molecule has 150 valence electrons. The summed E-state index contributed by atoms with van der Waals surface area (Å²) in [4.78, 5) is 10.2. The largest absolute Gasteiger partial charge is 0.491 e. The standard InChI is InChI=1S/C18H22FN5O2.C2H4/c1-25-6-7-26-13-2-3-15(20)14(8-13)18(21)16-9-17(23-11-22-16)24-5-4-12(19)10-24;1-2/h2-3,8-9,11-12,21H,4-7,10,20H2,1H3;1-2H2/t12-;/m1./s1. The van der Waals surface area contributed by atoms with Gasteiger partial charge < -0.3 is 20.1 Å². The van der Waals surface area contributed by atoms with Crippen molar-refractivity contribution in [1.29, 1.82) is 5.41 Å². The maximum absolute atomic E-state index is 13.4. The number of nitrogens with zero attached hydrogens (tertiary/aromatic N) is 3. The Morgan fingerprint density at radius 2 is 2.11 bits per heavy atom. The molecule has 2 heterocycles. The van der Waals surface area contributed by atoms with Crippen LogP contribution < -0.4 is 15.4 Å². The van der Waals surface area contributed by atoms with Gasteiger partial charge in [-0.2, -0.15) is 0 Å². The van der Waals surface area contributed by atoms with Crippen LogP contribution in [0.3, 0.4) is 0 Å². The second kappa shape index (κ2) is 10.4. The lowest BCUT2D eigenvalue weighted by atomic mass is 10.0. The number of nitrogen functional groups attached to an aromatic ring is 1. The molecule has 3 N–H and O–H groups in total. The second-order valence-electron chi connectivity index (χ2n) is 6.06. The van der Waals surface area contributed by atoms with Crippen LogP contribution in [0.1, 0.15) is 17.7 Å². The summed E-state index contributed by atoms with van der Waals surface area (Å²) in [6.07, 6.45) is 1.04. The van der Waals surface area contributed by atoms with Crippen LogP contribution in [0, 0.1) is 5.41 Å². The number of hydrogen-bond acceptors (Lipinski definition) is 7. The highest BCUT2D eigenvalue weighted by Gasteiger charge is 2.23. The molecule has 1 saturated heterocycles. The summed E-state index contributed by atoms with van der Waals surface area (Å²) in [5.74, 6) is 1.22. The summed E-state index contributed by atoms with van der Waals surface area (Å²) in [6, 6.07) is 6.85. The summed E-state index contributed by atoms with van der Waals surface area (Å²) in [6.45, 7) is 7.80. The van der Waals surface area contributed by atoms with Crippen molar-refractivity contribution in [2.45, 2.75) is 12.6 Å². The highest BCUT2D eigenvalue weighted by Crippen LogP contribution is 2.24. The first kappa shape index (κ1) is 21.3. The van der Waals surface area contributed by atoms with E-state index in [0.717, 1.165) is 0 Å². The van der Waals surface area contributed by atoms with Crippen molar-refractivity contribution in [3.05, 3.63) is 55.0 Å². The first-order valence-corrected chi connectivity index (χ1v) is 8.90. The van der Waals surface area contributed by atoms with E-state index in [0.29, 0.717) is 61.2 Å². The zero-order valence-corrected chi connectivity index (χ0v) is 16.0. The van der Waals surface area contributed by atoms with E-state index in [2.05, 4.69) is 23.1 Å². The molecule has 0 unspecified atom stereocenters. The van der Waals surface area contributed by atoms with Crippen LogP contribution in [0.2, 0.25) is 0 Å². The molecule has 0 amide bonds. The van der Waals surface area contributed by atoms with Crippen LogP contribution >= 0.6 is 0 Å². The first-order valence-electron chi connectivity index (χ1n) is 8.90. The van der Waals surface area contributed by atoms with Crippen molar-refractivity contribution in [2.75, 3.05) is 44.0 Å². The summed E-state index contributed by atoms with van der Waals surface area (Å²) in [7, 11) is 1.60. The smallest absolute Gasteiger partial charge is 0.132 e. The average molecular weight is 387 g/mol. The predicted octanol–water partition coefficient (Wildman–Crippen LogP) is 2.85. The third kappa shape index (κ3) is 5.26. The van der Waals surface area contributed by atoms with Gasteiger partial charge in [0.2, 0.25) is 0 Å². The number of aromatic nitrogens is 2. The monoisotopic (exact) mass is 387 g/mol. The van der Waals surface area contributed by atoms with E-state index in [9.17, 15) is 4.39 Å². The fourth-order valence-corrected chi connectivity index (χ4v) is 2.80. The molecule has 2 aromatic rings. The molecule has 8 heteroatoms. The van der Waals surface area contributed by atoms with Crippen LogP contribution in [0.25, 0.3) is 0 Å². The molecule has 1 aromatic heterocycles. The summed E-state index contributed by atoms with van der Waals surface area (Å²) < 4.78 is 24.0. The highest BCUT2D eigenvalue weighted by atomic mass is 19.1. The van der Waals surface area contributed by atoms with Gasteiger partial charge in [0.1, 0.15) is 30.7 Å². The predicted molar refractivity (Wildman–Crippen MR) is 109 cm³/mol. The van der Waals surface area contributed by atoms with Gasteiger partial charge in [-0.3, -0.25) is 5.41 Å². The second-order valence-corrected chi connectivity index (χ2v) is 6.06. The number of halogens is 1. The molecule has 1 aromatic carbocycles. The molecule has 1 atom stereocenters. The summed E-state index contributed by atoms with van der Waals surface area (Å²) >= 11 is 0. The van der Waals surface area contributed by atoms with Crippen LogP contribution in [0.5, 0.6) is 5.75 Å². The Bertz CT molecular complexity index is 802. The zero-order chi connectivity index (χ0) is 20.5. The Labute approximate surface area is 164 Å². The van der Waals surface area contributed by atoms with Crippen molar-refractivity contribution < 1.29 is 13.9 Å². The van der Waals surface area contributed by atoms with E-state index < -0.39 is 6.17 Å². The van der Waals surface area contributed by atoms with Gasteiger partial charge in [-0.05, 0) is 24.6 Å². The van der Waals surface area contributed by atoms with Crippen molar-refractivity contribution >= 4 is 17.2 Å². The summed E-state index contributed by atoms with van der Waals surface area (Å²) in [5, 5.41) is 8.49. The molecule has 0 saturated carbocycles. The van der Waals surface area contributed by atoms with Crippen molar-refractivity contribution in [3.8, 4) is 5.75 Å². The molecule has 28 heavy (non-hydrogen) atoms. The highest BCUT2D eigenvalue weighted by molar-refractivity contribution is 6.13. The number of hydrogen-bond donors (Lipinski definition) is 2. The van der Waals surface area contributed by atoms with E-state index in [1.807, 2.05) is 4.90 Å². The van der Waals surface area contributed by atoms with Gasteiger partial charge in [0.15, 0.2) is 0 Å². The fourth-order valence-electron chi connectivity index (χ4n) is 2.80. The molecule has 0 radical (unpaired) electrons. The van der Waals surface area contributed by atoms with Crippen molar-refractivity contribution in [3.63, 3.8) is 0 Å². The van der Waals surface area contributed by atoms with Gasteiger partial charge in [-0.15, -0.1) is 13.2 Å². The topological polar surface area (TPSA) is 97.4 Å². The van der Waals surface area contributed by atoms with Crippen LogP contribution in [-0.4, -0.2) is 55.3 Å². The molecular formula is C20H26FN5O2. The first-order chi connectivity index (χ1) is 13.6. The van der Waals surface area contributed by atoms with Gasteiger partial charge in [0.25, 0.3) is 0 Å². The van der Waals surface area contributed by atoms with E-state index in [4.69, 9.17) is 20.6 Å². The van der Waals surface area contributed by atoms with E-state index in [1.54, 1.807) is 31.4 Å². The SMILES string of the molecule is C=C.COCCOc1ccc(N)c(C(=N)c2cc(N3CC[C@@H](F)C3)ncn2)c1.